The van der Waals surface area contributed by atoms with Crippen LogP contribution in [0.5, 0.6) is 0 Å². The Hall–Kier alpha value is -1.15. The van der Waals surface area contributed by atoms with E-state index in [0.29, 0.717) is 11.7 Å². The van der Waals surface area contributed by atoms with E-state index in [9.17, 15) is 4.79 Å². The van der Waals surface area contributed by atoms with Crippen LogP contribution >= 0.6 is 11.8 Å². The average Bonchev–Trinajstić information content (AvgIpc) is 3.07. The minimum Gasteiger partial charge on any atom is -0.342 e. The van der Waals surface area contributed by atoms with Crippen LogP contribution < -0.4 is 5.32 Å². The van der Waals surface area contributed by atoms with Gasteiger partial charge in [0.05, 0.1) is 11.8 Å². The highest BCUT2D eigenvalue weighted by Gasteiger charge is 2.25. The number of likely N-dealkylation sites (N-methyl/N-ethyl adjacent to an activating group) is 1. The van der Waals surface area contributed by atoms with Crippen molar-refractivity contribution in [1.82, 2.24) is 30.4 Å². The van der Waals surface area contributed by atoms with Gasteiger partial charge in [-0.15, -0.1) is 5.10 Å². The summed E-state index contributed by atoms with van der Waals surface area (Å²) in [6, 6.07) is 0. The monoisotopic (exact) mass is 284 g/mol. The van der Waals surface area contributed by atoms with E-state index < -0.39 is 0 Å². The van der Waals surface area contributed by atoms with Crippen molar-refractivity contribution < 1.29 is 4.79 Å². The number of hydrogen-bond acceptors (Lipinski definition) is 6. The molecular weight excluding hydrogens is 264 g/mol. The molecule has 0 aliphatic carbocycles. The first-order chi connectivity index (χ1) is 9.22. The Morgan fingerprint density at radius 2 is 2.21 bits per heavy atom. The van der Waals surface area contributed by atoms with E-state index in [1.807, 2.05) is 18.9 Å². The molecule has 8 heteroatoms. The molecule has 0 spiro atoms. The van der Waals surface area contributed by atoms with Crippen molar-refractivity contribution in [3.63, 3.8) is 0 Å². The highest BCUT2D eigenvalue weighted by molar-refractivity contribution is 8.00. The predicted molar refractivity (Wildman–Crippen MR) is 72.9 cm³/mol. The van der Waals surface area contributed by atoms with Gasteiger partial charge in [-0.2, -0.15) is 0 Å². The second-order valence-electron chi connectivity index (χ2n) is 4.58. The lowest BCUT2D eigenvalue weighted by molar-refractivity contribution is -0.129. The molecule has 1 aliphatic rings. The summed E-state index contributed by atoms with van der Waals surface area (Å²) < 4.78 is 1.73. The third-order valence-corrected chi connectivity index (χ3v) is 4.18. The first-order valence-electron chi connectivity index (χ1n) is 6.58. The largest absolute Gasteiger partial charge is 0.342 e. The molecule has 1 amide bonds. The van der Waals surface area contributed by atoms with Gasteiger partial charge in [-0.3, -0.25) is 4.79 Å². The fraction of sp³-hybridized carbons (Fsp3) is 0.818. The first kappa shape index (κ1) is 14.3. The number of rotatable bonds is 6. The molecule has 1 aromatic heterocycles. The van der Waals surface area contributed by atoms with Crippen molar-refractivity contribution in [2.75, 3.05) is 26.7 Å². The molecule has 7 nitrogen and oxygen atoms in total. The quantitative estimate of drug-likeness (QED) is 0.741. The van der Waals surface area contributed by atoms with Gasteiger partial charge in [0.15, 0.2) is 0 Å². The molecule has 1 N–H and O–H groups in total. The smallest absolute Gasteiger partial charge is 0.235 e. The lowest BCUT2D eigenvalue weighted by Crippen LogP contribution is -2.34. The van der Waals surface area contributed by atoms with Crippen LogP contribution in [0.3, 0.4) is 0 Å². The van der Waals surface area contributed by atoms with E-state index in [4.69, 9.17) is 0 Å². The maximum Gasteiger partial charge on any atom is 0.235 e. The number of amides is 1. The molecule has 2 heterocycles. The number of thioether (sulfide) groups is 1. The molecule has 0 saturated carbocycles. The maximum atomic E-state index is 12.2. The Morgan fingerprint density at radius 3 is 2.89 bits per heavy atom. The number of carbonyl (C=O) groups is 1. The van der Waals surface area contributed by atoms with Crippen molar-refractivity contribution in [2.45, 2.75) is 36.7 Å². The molecule has 1 saturated heterocycles. The molecule has 1 fully saturated rings. The molecule has 1 aromatic rings. The SMILES string of the molecule is CNCCn1nnnc1SC(C)C(=O)N1CCCC1. The van der Waals surface area contributed by atoms with E-state index in [-0.39, 0.29) is 11.2 Å². The number of hydrogen-bond donors (Lipinski definition) is 1. The van der Waals surface area contributed by atoms with Crippen LogP contribution in [0.2, 0.25) is 0 Å². The molecule has 19 heavy (non-hydrogen) atoms. The number of nitrogens with one attached hydrogen (secondary N) is 1. The van der Waals surface area contributed by atoms with E-state index >= 15 is 0 Å². The van der Waals surface area contributed by atoms with Gasteiger partial charge in [0.2, 0.25) is 11.1 Å². The van der Waals surface area contributed by atoms with Crippen LogP contribution in [0.25, 0.3) is 0 Å². The third kappa shape index (κ3) is 3.66. The molecule has 1 unspecified atom stereocenters. The van der Waals surface area contributed by atoms with Crippen LogP contribution in [0.15, 0.2) is 5.16 Å². The molecule has 0 radical (unpaired) electrons. The first-order valence-corrected chi connectivity index (χ1v) is 7.46. The van der Waals surface area contributed by atoms with Crippen molar-refractivity contribution in [1.29, 1.82) is 0 Å². The number of nitrogens with zero attached hydrogens (tertiary/aromatic N) is 5. The Kier molecular flexibility index (Phi) is 5.15. The number of aromatic nitrogens is 4. The highest BCUT2D eigenvalue weighted by Crippen LogP contribution is 2.23. The van der Waals surface area contributed by atoms with Crippen LogP contribution in [0.1, 0.15) is 19.8 Å². The zero-order chi connectivity index (χ0) is 13.7. The maximum absolute atomic E-state index is 12.2. The summed E-state index contributed by atoms with van der Waals surface area (Å²) >= 11 is 1.43. The summed E-state index contributed by atoms with van der Waals surface area (Å²) in [7, 11) is 1.89. The minimum atomic E-state index is -0.141. The van der Waals surface area contributed by atoms with Crippen LogP contribution in [-0.4, -0.2) is 62.9 Å². The molecule has 106 valence electrons. The normalized spacial score (nSPS) is 16.8. The summed E-state index contributed by atoms with van der Waals surface area (Å²) in [6.07, 6.45) is 2.23. The average molecular weight is 284 g/mol. The van der Waals surface area contributed by atoms with Crippen molar-refractivity contribution >= 4 is 17.7 Å². The van der Waals surface area contributed by atoms with Crippen molar-refractivity contribution in [3.8, 4) is 0 Å². The van der Waals surface area contributed by atoms with Gasteiger partial charge >= 0.3 is 0 Å². The molecule has 1 aliphatic heterocycles. The van der Waals surface area contributed by atoms with Gasteiger partial charge in [-0.1, -0.05) is 11.8 Å². The van der Waals surface area contributed by atoms with Gasteiger partial charge in [0, 0.05) is 19.6 Å². The molecular formula is C11H20N6OS. The predicted octanol–water partition coefficient (Wildman–Crippen LogP) is -0.00450. The summed E-state index contributed by atoms with van der Waals surface area (Å²) in [5.41, 5.74) is 0. The fourth-order valence-corrected chi connectivity index (χ4v) is 2.94. The van der Waals surface area contributed by atoms with Gasteiger partial charge in [-0.05, 0) is 37.2 Å². The molecule has 0 aromatic carbocycles. The standard InChI is InChI=1S/C11H20N6OS/c1-9(10(18)16-6-3-4-7-16)19-11-13-14-15-17(11)8-5-12-2/h9,12H,3-8H2,1-2H3. The van der Waals surface area contributed by atoms with Crippen LogP contribution in [0.4, 0.5) is 0 Å². The second kappa shape index (κ2) is 6.85. The second-order valence-corrected chi connectivity index (χ2v) is 5.89. The number of likely N-dealkylation sites (tertiary alicyclic amines) is 1. The summed E-state index contributed by atoms with van der Waals surface area (Å²) in [6.45, 7) is 5.19. The van der Waals surface area contributed by atoms with Crippen molar-refractivity contribution in [2.24, 2.45) is 0 Å². The van der Waals surface area contributed by atoms with Crippen molar-refractivity contribution in [3.05, 3.63) is 0 Å². The minimum absolute atomic E-state index is 0.141. The molecule has 1 atom stereocenters. The molecule has 2 rings (SSSR count). The highest BCUT2D eigenvalue weighted by atomic mass is 32.2. The van der Waals surface area contributed by atoms with E-state index in [1.54, 1.807) is 4.68 Å². The lowest BCUT2D eigenvalue weighted by Gasteiger charge is -2.19. The van der Waals surface area contributed by atoms with Crippen LogP contribution in [0, 0.1) is 0 Å². The third-order valence-electron chi connectivity index (χ3n) is 3.12. The zero-order valence-electron chi connectivity index (χ0n) is 11.4. The Bertz CT molecular complexity index is 417. The number of carbonyl (C=O) groups excluding carboxylic acids is 1. The topological polar surface area (TPSA) is 75.9 Å². The van der Waals surface area contributed by atoms with Gasteiger partial charge in [-0.25, -0.2) is 4.68 Å². The number of tetrazole rings is 1. The van der Waals surface area contributed by atoms with Gasteiger partial charge in [0.1, 0.15) is 0 Å². The van der Waals surface area contributed by atoms with Crippen LogP contribution in [-0.2, 0) is 11.3 Å². The summed E-state index contributed by atoms with van der Waals surface area (Å²) in [4.78, 5) is 14.1. The Labute approximate surface area is 117 Å². The van der Waals surface area contributed by atoms with Gasteiger partial charge in [0.25, 0.3) is 0 Å². The van der Waals surface area contributed by atoms with E-state index in [2.05, 4.69) is 20.8 Å². The lowest BCUT2D eigenvalue weighted by atomic mass is 10.4. The molecule has 0 bridgehead atoms. The Morgan fingerprint density at radius 1 is 1.47 bits per heavy atom. The van der Waals surface area contributed by atoms with E-state index in [1.165, 1.54) is 11.8 Å². The van der Waals surface area contributed by atoms with E-state index in [0.717, 1.165) is 32.5 Å². The summed E-state index contributed by atoms with van der Waals surface area (Å²) in [5, 5.41) is 15.2. The van der Waals surface area contributed by atoms with Gasteiger partial charge < -0.3 is 10.2 Å². The zero-order valence-corrected chi connectivity index (χ0v) is 12.2. The fourth-order valence-electron chi connectivity index (χ4n) is 2.04. The summed E-state index contributed by atoms with van der Waals surface area (Å²) in [5.74, 6) is 0.186. The Balaban J connectivity index is 1.92.